The van der Waals surface area contributed by atoms with E-state index in [1.165, 1.54) is 28.9 Å². The number of aryl methyl sites for hydroxylation is 2. The van der Waals surface area contributed by atoms with Crippen molar-refractivity contribution in [3.8, 4) is 0 Å². The molecule has 0 saturated carbocycles. The first kappa shape index (κ1) is 17.0. The third kappa shape index (κ3) is 3.65. The minimum Gasteiger partial charge on any atom is -0.478 e. The molecular formula is C20H22N2O3. The van der Waals surface area contributed by atoms with Gasteiger partial charge in [0.1, 0.15) is 0 Å². The molecule has 0 radical (unpaired) electrons. The second kappa shape index (κ2) is 6.97. The first-order chi connectivity index (χ1) is 12.0. The molecule has 1 heterocycles. The van der Waals surface area contributed by atoms with E-state index in [4.69, 9.17) is 5.11 Å². The average Bonchev–Trinajstić information content (AvgIpc) is 2.61. The van der Waals surface area contributed by atoms with Crippen LogP contribution in [0.4, 0.5) is 5.69 Å². The molecule has 2 aromatic rings. The van der Waals surface area contributed by atoms with Crippen LogP contribution in [-0.4, -0.2) is 48.1 Å². The molecule has 0 spiro atoms. The number of anilines is 1. The highest BCUT2D eigenvalue weighted by atomic mass is 16.4. The molecule has 0 atom stereocenters. The normalized spacial score (nSPS) is 14.5. The van der Waals surface area contributed by atoms with Crippen LogP contribution in [0.5, 0.6) is 0 Å². The molecule has 1 amide bonds. The number of carboxylic acid groups (broad SMARTS) is 1. The van der Waals surface area contributed by atoms with Crippen molar-refractivity contribution in [1.82, 2.24) is 4.90 Å². The lowest BCUT2D eigenvalue weighted by atomic mass is 10.1. The lowest BCUT2D eigenvalue weighted by molar-refractivity contribution is 0.0697. The summed E-state index contributed by atoms with van der Waals surface area (Å²) in [7, 11) is 0. The fourth-order valence-electron chi connectivity index (χ4n) is 3.28. The molecule has 0 aliphatic carbocycles. The molecule has 1 N–H and O–H groups in total. The Hall–Kier alpha value is -2.82. The number of aromatic carboxylic acids is 1. The summed E-state index contributed by atoms with van der Waals surface area (Å²) in [5.74, 6) is -1.13. The topological polar surface area (TPSA) is 60.9 Å². The van der Waals surface area contributed by atoms with Crippen LogP contribution in [0.3, 0.4) is 0 Å². The number of nitrogens with zero attached hydrogens (tertiary/aromatic N) is 2. The van der Waals surface area contributed by atoms with Gasteiger partial charge < -0.3 is 14.9 Å². The quantitative estimate of drug-likeness (QED) is 0.935. The van der Waals surface area contributed by atoms with Gasteiger partial charge in [-0.15, -0.1) is 0 Å². The number of hydrogen-bond donors (Lipinski definition) is 1. The monoisotopic (exact) mass is 338 g/mol. The summed E-state index contributed by atoms with van der Waals surface area (Å²) in [6.07, 6.45) is 0. The maximum atomic E-state index is 12.6. The smallest absolute Gasteiger partial charge is 0.335 e. The van der Waals surface area contributed by atoms with Crippen LogP contribution in [-0.2, 0) is 0 Å². The minimum atomic E-state index is -1.02. The Morgan fingerprint density at radius 1 is 0.920 bits per heavy atom. The summed E-state index contributed by atoms with van der Waals surface area (Å²) >= 11 is 0. The third-order valence-corrected chi connectivity index (χ3v) is 4.62. The first-order valence-corrected chi connectivity index (χ1v) is 8.40. The summed E-state index contributed by atoms with van der Waals surface area (Å²) in [6.45, 7) is 6.99. The summed E-state index contributed by atoms with van der Waals surface area (Å²) in [5, 5.41) is 9.08. The van der Waals surface area contributed by atoms with Crippen molar-refractivity contribution < 1.29 is 14.7 Å². The Balaban J connectivity index is 1.68. The van der Waals surface area contributed by atoms with Crippen LogP contribution in [0.2, 0.25) is 0 Å². The van der Waals surface area contributed by atoms with E-state index in [-0.39, 0.29) is 11.5 Å². The molecular weight excluding hydrogens is 316 g/mol. The zero-order valence-corrected chi connectivity index (χ0v) is 14.5. The highest BCUT2D eigenvalue weighted by Crippen LogP contribution is 2.23. The van der Waals surface area contributed by atoms with E-state index >= 15 is 0 Å². The molecule has 1 aliphatic heterocycles. The SMILES string of the molecule is Cc1ccc(N2CCN(C(=O)c3cccc(C(=O)O)c3)CC2)c(C)c1. The largest absolute Gasteiger partial charge is 0.478 e. The van der Waals surface area contributed by atoms with E-state index in [2.05, 4.69) is 36.9 Å². The summed E-state index contributed by atoms with van der Waals surface area (Å²) in [4.78, 5) is 27.8. The number of rotatable bonds is 3. The van der Waals surface area contributed by atoms with Crippen LogP contribution in [0.1, 0.15) is 31.8 Å². The van der Waals surface area contributed by atoms with Gasteiger partial charge in [-0.25, -0.2) is 4.79 Å². The van der Waals surface area contributed by atoms with E-state index < -0.39 is 5.97 Å². The summed E-state index contributed by atoms with van der Waals surface area (Å²) in [5.41, 5.74) is 4.27. The van der Waals surface area contributed by atoms with E-state index in [1.807, 2.05) is 0 Å². The molecule has 25 heavy (non-hydrogen) atoms. The summed E-state index contributed by atoms with van der Waals surface area (Å²) < 4.78 is 0. The van der Waals surface area contributed by atoms with Crippen LogP contribution >= 0.6 is 0 Å². The summed E-state index contributed by atoms with van der Waals surface area (Å²) in [6, 6.07) is 12.6. The van der Waals surface area contributed by atoms with E-state index in [0.29, 0.717) is 18.7 Å². The van der Waals surface area contributed by atoms with E-state index in [9.17, 15) is 9.59 Å². The maximum absolute atomic E-state index is 12.6. The zero-order valence-electron chi connectivity index (χ0n) is 14.5. The first-order valence-electron chi connectivity index (χ1n) is 8.40. The van der Waals surface area contributed by atoms with E-state index in [0.717, 1.165) is 13.1 Å². The molecule has 1 fully saturated rings. The number of amides is 1. The van der Waals surface area contributed by atoms with Crippen molar-refractivity contribution >= 4 is 17.6 Å². The van der Waals surface area contributed by atoms with Gasteiger partial charge in [-0.1, -0.05) is 23.8 Å². The number of hydrogen-bond acceptors (Lipinski definition) is 3. The predicted octanol–water partition coefficient (Wildman–Crippen LogP) is 2.96. The van der Waals surface area contributed by atoms with Gasteiger partial charge in [0.25, 0.3) is 5.91 Å². The highest BCUT2D eigenvalue weighted by Gasteiger charge is 2.23. The molecule has 5 heteroatoms. The molecule has 2 aromatic carbocycles. The van der Waals surface area contributed by atoms with Crippen LogP contribution in [0.25, 0.3) is 0 Å². The van der Waals surface area contributed by atoms with Crippen molar-refractivity contribution in [3.63, 3.8) is 0 Å². The van der Waals surface area contributed by atoms with Gasteiger partial charge in [0.05, 0.1) is 5.56 Å². The molecule has 5 nitrogen and oxygen atoms in total. The second-order valence-electron chi connectivity index (χ2n) is 6.46. The number of benzene rings is 2. The maximum Gasteiger partial charge on any atom is 0.335 e. The van der Waals surface area contributed by atoms with Crippen molar-refractivity contribution in [2.45, 2.75) is 13.8 Å². The highest BCUT2D eigenvalue weighted by molar-refractivity contribution is 5.97. The van der Waals surface area contributed by atoms with Gasteiger partial charge in [0.15, 0.2) is 0 Å². The lowest BCUT2D eigenvalue weighted by Gasteiger charge is -2.37. The minimum absolute atomic E-state index is 0.108. The van der Waals surface area contributed by atoms with Crippen molar-refractivity contribution in [1.29, 1.82) is 0 Å². The fraction of sp³-hybridized carbons (Fsp3) is 0.300. The molecule has 0 bridgehead atoms. The molecule has 1 saturated heterocycles. The zero-order chi connectivity index (χ0) is 18.0. The number of carbonyl (C=O) groups excluding carboxylic acids is 1. The Morgan fingerprint density at radius 2 is 1.60 bits per heavy atom. The van der Waals surface area contributed by atoms with Crippen molar-refractivity contribution in [2.24, 2.45) is 0 Å². The Kier molecular flexibility index (Phi) is 4.74. The van der Waals surface area contributed by atoms with Gasteiger partial charge in [0.2, 0.25) is 0 Å². The number of carbonyl (C=O) groups is 2. The second-order valence-corrected chi connectivity index (χ2v) is 6.46. The van der Waals surface area contributed by atoms with Gasteiger partial charge >= 0.3 is 5.97 Å². The van der Waals surface area contributed by atoms with Crippen molar-refractivity contribution in [2.75, 3.05) is 31.1 Å². The molecule has 0 aromatic heterocycles. The Labute approximate surface area is 147 Å². The van der Waals surface area contributed by atoms with Crippen LogP contribution in [0, 0.1) is 13.8 Å². The lowest BCUT2D eigenvalue weighted by Crippen LogP contribution is -2.49. The fourth-order valence-corrected chi connectivity index (χ4v) is 3.28. The average molecular weight is 338 g/mol. The molecule has 1 aliphatic rings. The van der Waals surface area contributed by atoms with Crippen LogP contribution in [0.15, 0.2) is 42.5 Å². The predicted molar refractivity (Wildman–Crippen MR) is 97.4 cm³/mol. The molecule has 3 rings (SSSR count). The molecule has 0 unspecified atom stereocenters. The van der Waals surface area contributed by atoms with Gasteiger partial charge in [-0.3, -0.25) is 4.79 Å². The molecule has 130 valence electrons. The number of piperazine rings is 1. The Bertz CT molecular complexity index is 808. The number of carboxylic acids is 1. The van der Waals surface area contributed by atoms with Gasteiger partial charge in [-0.05, 0) is 43.7 Å². The van der Waals surface area contributed by atoms with Gasteiger partial charge in [0, 0.05) is 37.4 Å². The van der Waals surface area contributed by atoms with Crippen LogP contribution < -0.4 is 4.90 Å². The standard InChI is InChI=1S/C20H22N2O3/c1-14-6-7-18(15(2)12-14)21-8-10-22(11-9-21)19(23)16-4-3-5-17(13-16)20(24)25/h3-7,12-13H,8-11H2,1-2H3,(H,24,25). The van der Waals surface area contributed by atoms with Gasteiger partial charge in [-0.2, -0.15) is 0 Å². The van der Waals surface area contributed by atoms with E-state index in [1.54, 1.807) is 17.0 Å². The third-order valence-electron chi connectivity index (χ3n) is 4.62. The Morgan fingerprint density at radius 3 is 2.24 bits per heavy atom. The van der Waals surface area contributed by atoms with Crippen molar-refractivity contribution in [3.05, 3.63) is 64.7 Å².